The van der Waals surface area contributed by atoms with Crippen LogP contribution in [0.25, 0.3) is 10.9 Å². The van der Waals surface area contributed by atoms with E-state index in [2.05, 4.69) is 23.8 Å². The van der Waals surface area contributed by atoms with E-state index in [9.17, 15) is 4.79 Å². The Labute approximate surface area is 205 Å². The first-order valence-corrected chi connectivity index (χ1v) is 13.7. The maximum atomic E-state index is 12.3. The quantitative estimate of drug-likeness (QED) is 0.468. The average Bonchev–Trinajstić information content (AvgIpc) is 3.15. The van der Waals surface area contributed by atoms with E-state index in [0.29, 0.717) is 27.6 Å². The van der Waals surface area contributed by atoms with Gasteiger partial charge in [0.1, 0.15) is 0 Å². The van der Waals surface area contributed by atoms with Crippen molar-refractivity contribution in [3.05, 3.63) is 34.8 Å². The second kappa shape index (κ2) is 9.06. The first-order valence-electron chi connectivity index (χ1n) is 13.7. The Bertz CT molecular complexity index is 1080. The molecule has 4 saturated carbocycles. The fraction of sp³-hybridized carbons (Fsp3) is 0.767. The maximum absolute atomic E-state index is 12.3. The SMILES string of the molecule is C.CC12CCCCC1CCC1C2CCC2(C)C(CCCc3nc4cnccc4c(=O)o3)CCC12. The minimum absolute atomic E-state index is 0. The maximum Gasteiger partial charge on any atom is 0.346 e. The van der Waals surface area contributed by atoms with Gasteiger partial charge in [0, 0.05) is 12.6 Å². The lowest BCUT2D eigenvalue weighted by Gasteiger charge is -2.60. The Morgan fingerprint density at radius 2 is 1.85 bits per heavy atom. The van der Waals surface area contributed by atoms with Crippen LogP contribution < -0.4 is 5.63 Å². The molecule has 0 aliphatic heterocycles. The molecule has 0 saturated heterocycles. The molecule has 0 amide bonds. The van der Waals surface area contributed by atoms with Gasteiger partial charge in [-0.15, -0.1) is 0 Å². The number of aryl methyl sites for hydroxylation is 1. The van der Waals surface area contributed by atoms with Gasteiger partial charge >= 0.3 is 5.63 Å². The zero-order valence-corrected chi connectivity index (χ0v) is 20.5. The van der Waals surface area contributed by atoms with Crippen LogP contribution in [0, 0.1) is 40.4 Å². The third-order valence-corrected chi connectivity index (χ3v) is 11.2. The molecule has 0 N–H and O–H groups in total. The average molecular weight is 465 g/mol. The van der Waals surface area contributed by atoms with Crippen molar-refractivity contribution in [1.29, 1.82) is 0 Å². The van der Waals surface area contributed by atoms with Crippen LogP contribution in [0.2, 0.25) is 0 Å². The molecule has 0 bridgehead atoms. The standard InChI is InChI=1S/C29H40N2O2.CH4/c1-28-15-4-3-6-19(28)9-11-21-23-12-10-20(29(23,2)16-13-24(21)28)7-5-8-26-31-25-18-30-17-14-22(25)27(32)33-26;/h14,17-21,23-24H,3-13,15-16H2,1-2H3;1H4. The normalized spacial score (nSPS) is 39.1. The summed E-state index contributed by atoms with van der Waals surface area (Å²) >= 11 is 0. The van der Waals surface area contributed by atoms with Gasteiger partial charge in [-0.1, -0.05) is 34.1 Å². The molecule has 7 unspecified atom stereocenters. The summed E-state index contributed by atoms with van der Waals surface area (Å²) in [5.74, 6) is 5.29. The number of nitrogens with zero attached hydrogens (tertiary/aromatic N) is 2. The van der Waals surface area contributed by atoms with E-state index < -0.39 is 0 Å². The molecular weight excluding hydrogens is 420 g/mol. The number of pyridine rings is 1. The molecule has 7 atom stereocenters. The van der Waals surface area contributed by atoms with E-state index in [-0.39, 0.29) is 13.1 Å². The molecule has 34 heavy (non-hydrogen) atoms. The monoisotopic (exact) mass is 464 g/mol. The van der Waals surface area contributed by atoms with Crippen LogP contribution in [0.5, 0.6) is 0 Å². The molecule has 4 fully saturated rings. The summed E-state index contributed by atoms with van der Waals surface area (Å²) < 4.78 is 5.52. The highest BCUT2D eigenvalue weighted by Crippen LogP contribution is 2.67. The molecular formula is C30H44N2O2. The van der Waals surface area contributed by atoms with Gasteiger partial charge in [-0.3, -0.25) is 4.98 Å². The van der Waals surface area contributed by atoms with E-state index in [1.54, 1.807) is 18.5 Å². The molecule has 2 aromatic rings. The summed E-state index contributed by atoms with van der Waals surface area (Å²) in [7, 11) is 0. The lowest BCUT2D eigenvalue weighted by atomic mass is 9.45. The number of fused-ring (bicyclic) bond motifs is 6. The molecule has 0 aromatic carbocycles. The van der Waals surface area contributed by atoms with Gasteiger partial charge in [-0.05, 0) is 111 Å². The predicted molar refractivity (Wildman–Crippen MR) is 138 cm³/mol. The van der Waals surface area contributed by atoms with Crippen molar-refractivity contribution < 1.29 is 4.42 Å². The number of hydrogen-bond donors (Lipinski definition) is 0. The fourth-order valence-corrected chi connectivity index (χ4v) is 9.45. The molecule has 4 nitrogen and oxygen atoms in total. The molecule has 4 heteroatoms. The zero-order chi connectivity index (χ0) is 22.6. The zero-order valence-electron chi connectivity index (χ0n) is 20.5. The van der Waals surface area contributed by atoms with Gasteiger partial charge in [0.05, 0.1) is 17.1 Å². The largest absolute Gasteiger partial charge is 0.408 e. The smallest absolute Gasteiger partial charge is 0.346 e. The number of rotatable bonds is 4. The van der Waals surface area contributed by atoms with Crippen molar-refractivity contribution in [2.24, 2.45) is 40.4 Å². The van der Waals surface area contributed by atoms with Gasteiger partial charge in [-0.25, -0.2) is 9.78 Å². The first-order chi connectivity index (χ1) is 16.0. The first kappa shape index (κ1) is 24.0. The lowest BCUT2D eigenvalue weighted by Crippen LogP contribution is -2.52. The minimum atomic E-state index is -0.282. The third kappa shape index (κ3) is 3.75. The van der Waals surface area contributed by atoms with Crippen molar-refractivity contribution in [3.8, 4) is 0 Å². The van der Waals surface area contributed by atoms with Crippen molar-refractivity contribution >= 4 is 10.9 Å². The van der Waals surface area contributed by atoms with E-state index in [4.69, 9.17) is 4.42 Å². The third-order valence-electron chi connectivity index (χ3n) is 11.2. The van der Waals surface area contributed by atoms with Crippen LogP contribution in [0.4, 0.5) is 0 Å². The van der Waals surface area contributed by atoms with Crippen LogP contribution in [0.1, 0.15) is 104 Å². The number of aromatic nitrogens is 2. The Hall–Kier alpha value is -1.71. The van der Waals surface area contributed by atoms with Crippen molar-refractivity contribution in [3.63, 3.8) is 0 Å². The number of hydrogen-bond acceptors (Lipinski definition) is 4. The van der Waals surface area contributed by atoms with Crippen LogP contribution in [-0.4, -0.2) is 9.97 Å². The second-order valence-electron chi connectivity index (χ2n) is 12.4. The van der Waals surface area contributed by atoms with Crippen molar-refractivity contribution in [2.75, 3.05) is 0 Å². The van der Waals surface area contributed by atoms with E-state index in [1.165, 1.54) is 70.6 Å². The van der Waals surface area contributed by atoms with Gasteiger partial charge < -0.3 is 4.42 Å². The van der Waals surface area contributed by atoms with Crippen molar-refractivity contribution in [2.45, 2.75) is 105 Å². The highest BCUT2D eigenvalue weighted by Gasteiger charge is 2.59. The Morgan fingerprint density at radius 3 is 2.74 bits per heavy atom. The molecule has 4 aliphatic rings. The summed E-state index contributed by atoms with van der Waals surface area (Å²) in [6.45, 7) is 5.32. The Morgan fingerprint density at radius 1 is 1.00 bits per heavy atom. The molecule has 4 aliphatic carbocycles. The molecule has 2 heterocycles. The predicted octanol–water partition coefficient (Wildman–Crippen LogP) is 7.59. The molecule has 0 spiro atoms. The summed E-state index contributed by atoms with van der Waals surface area (Å²) in [5, 5.41) is 0.526. The van der Waals surface area contributed by atoms with E-state index in [1.807, 2.05) is 0 Å². The van der Waals surface area contributed by atoms with Gasteiger partial charge in [0.2, 0.25) is 0 Å². The molecule has 186 valence electrons. The Balaban J connectivity index is 0.00000241. The lowest BCUT2D eigenvalue weighted by molar-refractivity contribution is -0.111. The summed E-state index contributed by atoms with van der Waals surface area (Å²) in [4.78, 5) is 21.0. The highest BCUT2D eigenvalue weighted by molar-refractivity contribution is 5.75. The van der Waals surface area contributed by atoms with Crippen LogP contribution in [0.15, 0.2) is 27.7 Å². The molecule has 0 radical (unpaired) electrons. The van der Waals surface area contributed by atoms with Crippen LogP contribution in [-0.2, 0) is 6.42 Å². The van der Waals surface area contributed by atoms with Gasteiger partial charge in [0.15, 0.2) is 5.89 Å². The van der Waals surface area contributed by atoms with Crippen LogP contribution in [0.3, 0.4) is 0 Å². The van der Waals surface area contributed by atoms with Crippen LogP contribution >= 0.6 is 0 Å². The topological polar surface area (TPSA) is 56.0 Å². The van der Waals surface area contributed by atoms with E-state index in [0.717, 1.165) is 42.4 Å². The molecule has 2 aromatic heterocycles. The summed E-state index contributed by atoms with van der Waals surface area (Å²) in [6, 6.07) is 1.69. The summed E-state index contributed by atoms with van der Waals surface area (Å²) in [6.07, 6.45) is 21.0. The minimum Gasteiger partial charge on any atom is -0.408 e. The van der Waals surface area contributed by atoms with Gasteiger partial charge in [0.25, 0.3) is 0 Å². The summed E-state index contributed by atoms with van der Waals surface area (Å²) in [5.41, 5.74) is 1.52. The van der Waals surface area contributed by atoms with Crippen molar-refractivity contribution in [1.82, 2.24) is 9.97 Å². The Kier molecular flexibility index (Phi) is 6.40. The highest BCUT2D eigenvalue weighted by atomic mass is 16.4. The fourth-order valence-electron chi connectivity index (χ4n) is 9.45. The van der Waals surface area contributed by atoms with E-state index >= 15 is 0 Å². The second-order valence-corrected chi connectivity index (χ2v) is 12.4. The molecule has 6 rings (SSSR count). The van der Waals surface area contributed by atoms with Gasteiger partial charge in [-0.2, -0.15) is 0 Å².